The van der Waals surface area contributed by atoms with Gasteiger partial charge in [-0.3, -0.25) is 0 Å². The van der Waals surface area contributed by atoms with Crippen molar-refractivity contribution in [3.8, 4) is 0 Å². The second-order valence-corrected chi connectivity index (χ2v) is 4.39. The summed E-state index contributed by atoms with van der Waals surface area (Å²) in [6, 6.07) is 3.71. The first kappa shape index (κ1) is 8.78. The molecular weight excluding hydrogens is 246 g/mol. The van der Waals surface area contributed by atoms with Crippen LogP contribution in [-0.4, -0.2) is 19.5 Å². The van der Waals surface area contributed by atoms with Crippen molar-refractivity contribution in [1.29, 1.82) is 0 Å². The number of benzene rings is 1. The van der Waals surface area contributed by atoms with Crippen molar-refractivity contribution in [2.24, 2.45) is 0 Å². The first-order chi connectivity index (χ1) is 6.07. The Morgan fingerprint density at radius 2 is 2.00 bits per heavy atom. The first-order valence-electron chi connectivity index (χ1n) is 3.48. The Hall–Kier alpha value is -0.801. The van der Waals surface area contributed by atoms with Crippen LogP contribution in [0.4, 0.5) is 13.2 Å². The van der Waals surface area contributed by atoms with Gasteiger partial charge in [-0.1, -0.05) is 0 Å². The van der Waals surface area contributed by atoms with Crippen LogP contribution in [-0.2, 0) is 6.18 Å². The Balaban J connectivity index is 2.61. The fourth-order valence-corrected chi connectivity index (χ4v) is 2.42. The summed E-state index contributed by atoms with van der Waals surface area (Å²) in [7, 11) is 0. The van der Waals surface area contributed by atoms with E-state index in [0.717, 1.165) is 16.4 Å². The predicted molar refractivity (Wildman–Crippen MR) is 43.7 cm³/mol. The number of alkyl halides is 3. The second kappa shape index (κ2) is 2.86. The van der Waals surface area contributed by atoms with Gasteiger partial charge in [0.1, 0.15) is 0 Å². The molecule has 1 nitrogen and oxygen atoms in total. The molecule has 0 atom stereocenters. The molecule has 2 aromatic rings. The van der Waals surface area contributed by atoms with Crippen LogP contribution in [0.15, 0.2) is 23.3 Å². The third-order valence-corrected chi connectivity index (χ3v) is 3.36. The molecule has 5 heteroatoms. The zero-order valence-corrected chi connectivity index (χ0v) is 8.01. The van der Waals surface area contributed by atoms with Crippen molar-refractivity contribution in [2.45, 2.75) is 6.18 Å². The molecule has 0 fully saturated rings. The van der Waals surface area contributed by atoms with Crippen LogP contribution in [0.3, 0.4) is 0 Å². The van der Waals surface area contributed by atoms with Crippen LogP contribution in [0.25, 0.3) is 9.78 Å². The third kappa shape index (κ3) is 1.62. The molecule has 0 amide bonds. The van der Waals surface area contributed by atoms with Gasteiger partial charge in [0.25, 0.3) is 0 Å². The van der Waals surface area contributed by atoms with Crippen LogP contribution in [0, 0.1) is 0 Å². The van der Waals surface area contributed by atoms with Gasteiger partial charge in [0, 0.05) is 0 Å². The normalized spacial score (nSPS) is 12.2. The summed E-state index contributed by atoms with van der Waals surface area (Å²) in [5.41, 5.74) is -0.157. The minimum absolute atomic E-state index is 0.111. The molecule has 0 radical (unpaired) electrons. The van der Waals surface area contributed by atoms with Crippen molar-refractivity contribution in [2.75, 3.05) is 0 Å². The molecule has 2 rings (SSSR count). The molecule has 0 saturated heterocycles. The zero-order chi connectivity index (χ0) is 9.47. The van der Waals surface area contributed by atoms with Gasteiger partial charge in [0.2, 0.25) is 0 Å². The van der Waals surface area contributed by atoms with E-state index in [0.29, 0.717) is 5.52 Å². The maximum absolute atomic E-state index is 12.2. The van der Waals surface area contributed by atoms with Gasteiger partial charge < -0.3 is 0 Å². The van der Waals surface area contributed by atoms with E-state index < -0.39 is 11.7 Å². The van der Waals surface area contributed by atoms with E-state index in [4.69, 9.17) is 0 Å². The predicted octanol–water partition coefficient (Wildman–Crippen LogP) is 2.31. The van der Waals surface area contributed by atoms with E-state index >= 15 is 0 Å². The van der Waals surface area contributed by atoms with E-state index in [2.05, 4.69) is 4.98 Å². The summed E-state index contributed by atoms with van der Waals surface area (Å²) in [6.45, 7) is 0. The van der Waals surface area contributed by atoms with E-state index in [-0.39, 0.29) is 14.5 Å². The molecule has 0 saturated carbocycles. The van der Waals surface area contributed by atoms with E-state index in [1.807, 2.05) is 0 Å². The molecule has 0 unspecified atom stereocenters. The minimum atomic E-state index is -4.26. The fraction of sp³-hybridized carbons (Fsp3) is 0.125. The molecule has 0 aliphatic rings. The molecule has 1 aromatic carbocycles. The Labute approximate surface area is 78.0 Å². The summed E-state index contributed by atoms with van der Waals surface area (Å²) < 4.78 is 37.5. The number of hydrogen-bond donors (Lipinski definition) is 0. The van der Waals surface area contributed by atoms with Crippen molar-refractivity contribution < 1.29 is 13.2 Å². The summed E-state index contributed by atoms with van der Waals surface area (Å²) in [5.74, 6) is 0. The average Bonchev–Trinajstić information content (AvgIpc) is 2.47. The number of fused-ring (bicyclic) bond motifs is 1. The number of aromatic nitrogens is 1. The fourth-order valence-electron chi connectivity index (χ4n) is 1.03. The quantitative estimate of drug-likeness (QED) is 0.654. The van der Waals surface area contributed by atoms with Crippen molar-refractivity contribution >= 4 is 24.3 Å². The monoisotopic (exact) mass is 251 g/mol. The standard InChI is InChI=1S/C8H4F3NSe/c9-8(10,11)5-1-2-7-6(3-5)12-4-13-7/h1-4H. The van der Waals surface area contributed by atoms with Crippen LogP contribution in [0.5, 0.6) is 0 Å². The molecule has 68 valence electrons. The second-order valence-electron chi connectivity index (χ2n) is 2.53. The Bertz CT molecular complexity index is 432. The van der Waals surface area contributed by atoms with Crippen molar-refractivity contribution in [3.63, 3.8) is 0 Å². The van der Waals surface area contributed by atoms with Gasteiger partial charge in [0.05, 0.1) is 0 Å². The molecule has 1 heterocycles. The van der Waals surface area contributed by atoms with Crippen molar-refractivity contribution in [3.05, 3.63) is 28.8 Å². The topological polar surface area (TPSA) is 12.9 Å². The van der Waals surface area contributed by atoms with Gasteiger partial charge in [0.15, 0.2) is 0 Å². The number of nitrogens with zero attached hydrogens (tertiary/aromatic N) is 1. The van der Waals surface area contributed by atoms with Crippen LogP contribution in [0.2, 0.25) is 0 Å². The molecule has 0 N–H and O–H groups in total. The number of hydrogen-bond acceptors (Lipinski definition) is 1. The Kier molecular flexibility index (Phi) is 1.93. The van der Waals surface area contributed by atoms with Gasteiger partial charge in [-0.05, 0) is 0 Å². The number of halogens is 3. The molecule has 0 bridgehead atoms. The van der Waals surface area contributed by atoms with Gasteiger partial charge in [-0.25, -0.2) is 0 Å². The van der Waals surface area contributed by atoms with E-state index in [1.54, 1.807) is 5.07 Å². The summed E-state index contributed by atoms with van der Waals surface area (Å²) in [6.07, 6.45) is -4.26. The zero-order valence-electron chi connectivity index (χ0n) is 6.30. The Morgan fingerprint density at radius 1 is 1.23 bits per heavy atom. The molecule has 0 aliphatic carbocycles. The summed E-state index contributed by atoms with van der Waals surface area (Å²) >= 11 is 0.111. The first-order valence-corrected chi connectivity index (χ1v) is 5.32. The number of rotatable bonds is 0. The average molecular weight is 250 g/mol. The van der Waals surface area contributed by atoms with Gasteiger partial charge >= 0.3 is 77.4 Å². The molecule has 0 spiro atoms. The van der Waals surface area contributed by atoms with Gasteiger partial charge in [-0.2, -0.15) is 0 Å². The molecule has 1 aromatic heterocycles. The Morgan fingerprint density at radius 3 is 2.69 bits per heavy atom. The van der Waals surface area contributed by atoms with Gasteiger partial charge in [-0.15, -0.1) is 0 Å². The molecule has 0 aliphatic heterocycles. The van der Waals surface area contributed by atoms with E-state index in [1.165, 1.54) is 6.07 Å². The molecule has 13 heavy (non-hydrogen) atoms. The molecular formula is C8H4F3NSe. The summed E-state index contributed by atoms with van der Waals surface area (Å²) in [4.78, 5) is 3.88. The maximum atomic E-state index is 12.2. The summed E-state index contributed by atoms with van der Waals surface area (Å²) in [5, 5.41) is 1.68. The SMILES string of the molecule is FC(F)(F)c1ccc2[se]cnc2c1. The van der Waals surface area contributed by atoms with Crippen LogP contribution >= 0.6 is 0 Å². The van der Waals surface area contributed by atoms with Crippen LogP contribution in [0.1, 0.15) is 5.56 Å². The third-order valence-electron chi connectivity index (χ3n) is 1.66. The van der Waals surface area contributed by atoms with E-state index in [9.17, 15) is 13.2 Å². The van der Waals surface area contributed by atoms with Crippen LogP contribution < -0.4 is 0 Å². The van der Waals surface area contributed by atoms with Crippen molar-refractivity contribution in [1.82, 2.24) is 4.98 Å².